The Morgan fingerprint density at radius 2 is 1.79 bits per heavy atom. The van der Waals surface area contributed by atoms with Crippen LogP contribution in [0.3, 0.4) is 0 Å². The molecule has 10 nitrogen and oxygen atoms in total. The molecule has 2 bridgehead atoms. The average molecular weight is 796 g/mol. The van der Waals surface area contributed by atoms with Crippen molar-refractivity contribution in [3.63, 3.8) is 0 Å². The van der Waals surface area contributed by atoms with E-state index in [2.05, 4.69) is 26.2 Å². The molecule has 252 valence electrons. The standard InChI is InChI=1S/C33H30BrCl2N3O7S2/c34-14-5-8-21(46-13-22(40)37-15-6-7-19(35)20(36)11-15)16(10-14)24-25-17-12-18(28(25)47-30-29(24)48-33(45)38-30)27-26(17)31(43)39(32(27)44)9-3-1-2-4-23(41)42/h5-8,10-11,17-18,24-28H,1-4,9,12-13H2,(H,37,40)(H,38,45)(H,41,42)/t17?,18?,24-,25?,26?,27?,28?/m1/s1. The second kappa shape index (κ2) is 13.5. The topological polar surface area (TPSA) is 146 Å². The fourth-order valence-corrected chi connectivity index (χ4v) is 11.7. The first-order chi connectivity index (χ1) is 23.0. The van der Waals surface area contributed by atoms with Crippen LogP contribution in [0.4, 0.5) is 5.69 Å². The molecule has 6 unspecified atom stereocenters. The van der Waals surface area contributed by atoms with E-state index in [1.807, 2.05) is 12.1 Å². The number of aromatic amines is 1. The number of nitrogens with zero attached hydrogens (tertiary/aromatic N) is 1. The Morgan fingerprint density at radius 1 is 1.02 bits per heavy atom. The number of hydrogen-bond donors (Lipinski definition) is 3. The number of carbonyl (C=O) groups excluding carboxylic acids is 3. The Morgan fingerprint density at radius 3 is 2.54 bits per heavy atom. The third-order valence-corrected chi connectivity index (χ3v) is 13.8. The number of aliphatic carboxylic acids is 1. The monoisotopic (exact) mass is 793 g/mol. The Hall–Kier alpha value is -2.84. The van der Waals surface area contributed by atoms with E-state index in [0.29, 0.717) is 47.3 Å². The summed E-state index contributed by atoms with van der Waals surface area (Å²) in [7, 11) is 0. The van der Waals surface area contributed by atoms with Crippen LogP contribution in [0, 0.1) is 29.6 Å². The number of aromatic nitrogens is 1. The van der Waals surface area contributed by atoms with E-state index >= 15 is 0 Å². The van der Waals surface area contributed by atoms with Crippen LogP contribution in [0.25, 0.3) is 0 Å². The minimum atomic E-state index is -0.857. The Balaban J connectivity index is 1.15. The molecule has 3 amide bonds. The number of benzene rings is 2. The van der Waals surface area contributed by atoms with E-state index in [1.54, 1.807) is 36.0 Å². The number of fused-ring (bicyclic) bond motifs is 9. The van der Waals surface area contributed by atoms with Crippen LogP contribution in [-0.4, -0.2) is 57.1 Å². The SMILES string of the molecule is O=C(O)CCCCCN1C(=O)C2C3CC(C2C1=O)C1C3Sc2[nH]c(=O)sc2[C@@H]1c1cc(Br)ccc1OCC(=O)Nc1ccc(Cl)c(Cl)c1. The summed E-state index contributed by atoms with van der Waals surface area (Å²) >= 11 is 18.5. The van der Waals surface area contributed by atoms with Gasteiger partial charge in [-0.15, -0.1) is 11.8 Å². The number of hydrogen-bond acceptors (Lipinski definition) is 8. The lowest BCUT2D eigenvalue weighted by Crippen LogP contribution is -2.42. The van der Waals surface area contributed by atoms with Gasteiger partial charge < -0.3 is 20.1 Å². The third-order valence-electron chi connectivity index (χ3n) is 9.96. The van der Waals surface area contributed by atoms with Crippen LogP contribution in [0.5, 0.6) is 5.75 Å². The van der Waals surface area contributed by atoms with Gasteiger partial charge in [-0.1, -0.05) is 56.9 Å². The van der Waals surface area contributed by atoms with Crippen LogP contribution in [-0.2, 0) is 19.2 Å². The number of likely N-dealkylation sites (tertiary alicyclic amines) is 1. The number of unbranched alkanes of at least 4 members (excludes halogenated alkanes) is 2. The number of carboxylic acid groups (broad SMARTS) is 1. The first-order valence-electron chi connectivity index (χ1n) is 15.7. The molecule has 15 heteroatoms. The minimum absolute atomic E-state index is 0.00366. The zero-order valence-corrected chi connectivity index (χ0v) is 30.0. The summed E-state index contributed by atoms with van der Waals surface area (Å²) < 4.78 is 6.95. The van der Waals surface area contributed by atoms with Gasteiger partial charge in [0.05, 0.1) is 26.9 Å². The summed E-state index contributed by atoms with van der Waals surface area (Å²) in [6, 6.07) is 10.4. The van der Waals surface area contributed by atoms with Crippen molar-refractivity contribution in [2.75, 3.05) is 18.5 Å². The van der Waals surface area contributed by atoms with E-state index in [1.165, 1.54) is 4.90 Å². The van der Waals surface area contributed by atoms with E-state index in [9.17, 15) is 24.0 Å². The number of amides is 3. The number of carbonyl (C=O) groups is 4. The molecule has 3 N–H and O–H groups in total. The van der Waals surface area contributed by atoms with Crippen molar-refractivity contribution in [3.05, 3.63) is 71.0 Å². The predicted octanol–water partition coefficient (Wildman–Crippen LogP) is 6.64. The van der Waals surface area contributed by atoms with Gasteiger partial charge in [0.15, 0.2) is 6.61 Å². The summed E-state index contributed by atoms with van der Waals surface area (Å²) in [6.07, 6.45) is 2.50. The van der Waals surface area contributed by atoms with E-state index < -0.39 is 23.7 Å². The number of H-pyrrole nitrogens is 1. The van der Waals surface area contributed by atoms with Gasteiger partial charge in [-0.2, -0.15) is 0 Å². The smallest absolute Gasteiger partial charge is 0.305 e. The molecule has 2 aliphatic heterocycles. The molecular weight excluding hydrogens is 765 g/mol. The molecule has 2 saturated carbocycles. The third kappa shape index (κ3) is 6.10. The molecule has 7 rings (SSSR count). The number of ether oxygens (including phenoxy) is 1. The fourth-order valence-electron chi connectivity index (χ4n) is 8.18. The summed E-state index contributed by atoms with van der Waals surface area (Å²) in [5, 5.41) is 13.2. The van der Waals surface area contributed by atoms with Crippen LogP contribution in [0.1, 0.15) is 48.5 Å². The van der Waals surface area contributed by atoms with E-state index in [0.717, 1.165) is 37.7 Å². The van der Waals surface area contributed by atoms with Crippen molar-refractivity contribution in [1.82, 2.24) is 9.88 Å². The molecule has 2 aliphatic carbocycles. The molecule has 1 aromatic heterocycles. The van der Waals surface area contributed by atoms with Crippen molar-refractivity contribution in [1.29, 1.82) is 0 Å². The highest BCUT2D eigenvalue weighted by atomic mass is 79.9. The number of thioether (sulfide) groups is 1. The number of carboxylic acids is 1. The number of thiazole rings is 1. The lowest BCUT2D eigenvalue weighted by Gasteiger charge is -2.43. The molecule has 3 aromatic rings. The second-order valence-corrected chi connectivity index (χ2v) is 16.6. The predicted molar refractivity (Wildman–Crippen MR) is 186 cm³/mol. The van der Waals surface area contributed by atoms with Crippen LogP contribution in [0.15, 0.2) is 50.7 Å². The van der Waals surface area contributed by atoms with Gasteiger partial charge >= 0.3 is 10.8 Å². The Labute approximate surface area is 302 Å². The molecule has 1 saturated heterocycles. The maximum atomic E-state index is 13.9. The van der Waals surface area contributed by atoms with Gasteiger partial charge in [0, 0.05) is 44.7 Å². The molecule has 2 aromatic carbocycles. The fraction of sp³-hybridized carbons (Fsp3) is 0.424. The van der Waals surface area contributed by atoms with Crippen molar-refractivity contribution in [3.8, 4) is 5.75 Å². The summed E-state index contributed by atoms with van der Waals surface area (Å²) in [4.78, 5) is 69.2. The second-order valence-electron chi connectivity index (χ2n) is 12.6. The van der Waals surface area contributed by atoms with Gasteiger partial charge in [0.2, 0.25) is 11.8 Å². The number of anilines is 1. The number of imide groups is 1. The molecule has 4 aliphatic rings. The highest BCUT2D eigenvalue weighted by Gasteiger charge is 2.69. The van der Waals surface area contributed by atoms with E-state index in [4.69, 9.17) is 33.0 Å². The van der Waals surface area contributed by atoms with Gasteiger partial charge in [-0.3, -0.25) is 28.9 Å². The van der Waals surface area contributed by atoms with Crippen LogP contribution >= 0.6 is 62.2 Å². The molecule has 7 atom stereocenters. The molecule has 0 spiro atoms. The summed E-state index contributed by atoms with van der Waals surface area (Å²) in [6.45, 7) is 0.00996. The lowest BCUT2D eigenvalue weighted by molar-refractivity contribution is -0.141. The van der Waals surface area contributed by atoms with Gasteiger partial charge in [-0.05, 0) is 73.4 Å². The highest BCUT2D eigenvalue weighted by Crippen LogP contribution is 2.69. The van der Waals surface area contributed by atoms with Crippen molar-refractivity contribution in [2.24, 2.45) is 29.6 Å². The Kier molecular flexibility index (Phi) is 9.44. The van der Waals surface area contributed by atoms with Crippen LogP contribution in [0.2, 0.25) is 10.0 Å². The molecule has 0 radical (unpaired) electrons. The highest BCUT2D eigenvalue weighted by molar-refractivity contribution is 9.10. The first kappa shape index (κ1) is 33.6. The van der Waals surface area contributed by atoms with E-state index in [-0.39, 0.29) is 58.6 Å². The molecule has 3 fully saturated rings. The zero-order chi connectivity index (χ0) is 33.9. The van der Waals surface area contributed by atoms with Gasteiger partial charge in [-0.25, -0.2) is 0 Å². The molecule has 48 heavy (non-hydrogen) atoms. The number of halogens is 3. The van der Waals surface area contributed by atoms with Gasteiger partial charge in [0.25, 0.3) is 5.91 Å². The number of rotatable bonds is 11. The minimum Gasteiger partial charge on any atom is -0.483 e. The molecular formula is C33H30BrCl2N3O7S2. The maximum Gasteiger partial charge on any atom is 0.305 e. The molecule has 3 heterocycles. The zero-order valence-electron chi connectivity index (χ0n) is 25.2. The maximum absolute atomic E-state index is 13.9. The van der Waals surface area contributed by atoms with Gasteiger partial charge in [0.1, 0.15) is 5.75 Å². The van der Waals surface area contributed by atoms with Crippen LogP contribution < -0.4 is 14.9 Å². The summed E-state index contributed by atoms with van der Waals surface area (Å²) in [5.74, 6) is -2.33. The normalized spacial score (nSPS) is 26.7. The first-order valence-corrected chi connectivity index (χ1v) is 18.9. The number of nitrogens with one attached hydrogen (secondary N) is 2. The average Bonchev–Trinajstić information content (AvgIpc) is 3.77. The lowest BCUT2D eigenvalue weighted by atomic mass is 9.68. The Bertz CT molecular complexity index is 1890. The summed E-state index contributed by atoms with van der Waals surface area (Å²) in [5.41, 5.74) is 1.28. The largest absolute Gasteiger partial charge is 0.483 e. The van der Waals surface area contributed by atoms with Crippen molar-refractivity contribution >= 4 is 91.6 Å². The van der Waals surface area contributed by atoms with Crippen molar-refractivity contribution < 1.29 is 29.0 Å². The quantitative estimate of drug-likeness (QED) is 0.145. The van der Waals surface area contributed by atoms with Crippen molar-refractivity contribution in [2.45, 2.75) is 48.3 Å².